The molecule has 11 heteroatoms. The van der Waals surface area contributed by atoms with E-state index in [1.165, 1.54) is 4.90 Å². The van der Waals surface area contributed by atoms with Crippen molar-refractivity contribution < 1.29 is 29.1 Å². The summed E-state index contributed by atoms with van der Waals surface area (Å²) in [5.41, 5.74) is 11.7. The molecule has 1 aromatic carbocycles. The highest BCUT2D eigenvalue weighted by atomic mass is 16.4. The van der Waals surface area contributed by atoms with Crippen LogP contribution in [0.25, 0.3) is 0 Å². The first kappa shape index (κ1) is 27.8. The van der Waals surface area contributed by atoms with Crippen LogP contribution in [0, 0.1) is 5.92 Å². The Morgan fingerprint density at radius 2 is 1.74 bits per heavy atom. The summed E-state index contributed by atoms with van der Waals surface area (Å²) in [6, 6.07) is 4.81. The highest BCUT2D eigenvalue weighted by Gasteiger charge is 2.38. The lowest BCUT2D eigenvalue weighted by Gasteiger charge is -2.28. The molecule has 192 valence electrons. The van der Waals surface area contributed by atoms with Crippen molar-refractivity contribution in [1.29, 1.82) is 0 Å². The van der Waals surface area contributed by atoms with Gasteiger partial charge < -0.3 is 32.1 Å². The first-order valence-corrected chi connectivity index (χ1v) is 11.7. The molecule has 4 atom stereocenters. The van der Waals surface area contributed by atoms with E-state index in [9.17, 15) is 29.1 Å². The summed E-state index contributed by atoms with van der Waals surface area (Å²) in [6.07, 6.45) is 0.947. The number of carboxylic acid groups (broad SMARTS) is 1. The second kappa shape index (κ2) is 12.8. The number of nitrogens with zero attached hydrogens (tertiary/aromatic N) is 1. The SMILES string of the molecule is CC(C)CC(NC(=O)C(Cc1ccccc1)NC(=O)C1CCCN1C(=O)C(N)CC(N)=O)C(=O)O. The van der Waals surface area contributed by atoms with Gasteiger partial charge in [-0.3, -0.25) is 19.2 Å². The van der Waals surface area contributed by atoms with Gasteiger partial charge in [0, 0.05) is 13.0 Å². The number of likely N-dealkylation sites (tertiary alicyclic amines) is 1. The Morgan fingerprint density at radius 1 is 1.09 bits per heavy atom. The number of rotatable bonds is 12. The van der Waals surface area contributed by atoms with Crippen LogP contribution in [-0.2, 0) is 30.4 Å². The van der Waals surface area contributed by atoms with Crippen LogP contribution in [0.3, 0.4) is 0 Å². The third-order valence-corrected chi connectivity index (χ3v) is 5.81. The Morgan fingerprint density at radius 3 is 2.31 bits per heavy atom. The van der Waals surface area contributed by atoms with E-state index in [1.54, 1.807) is 24.3 Å². The summed E-state index contributed by atoms with van der Waals surface area (Å²) >= 11 is 0. The van der Waals surface area contributed by atoms with Gasteiger partial charge in [0.1, 0.15) is 18.1 Å². The number of carbonyl (C=O) groups excluding carboxylic acids is 4. The zero-order valence-corrected chi connectivity index (χ0v) is 20.1. The third-order valence-electron chi connectivity index (χ3n) is 5.81. The minimum atomic E-state index is -1.16. The molecule has 0 bridgehead atoms. The molecule has 4 unspecified atom stereocenters. The number of nitrogens with two attached hydrogens (primary N) is 2. The van der Waals surface area contributed by atoms with E-state index in [0.29, 0.717) is 12.8 Å². The van der Waals surface area contributed by atoms with E-state index >= 15 is 0 Å². The molecule has 35 heavy (non-hydrogen) atoms. The maximum atomic E-state index is 13.2. The minimum Gasteiger partial charge on any atom is -0.480 e. The van der Waals surface area contributed by atoms with Crippen molar-refractivity contribution in [3.8, 4) is 0 Å². The summed E-state index contributed by atoms with van der Waals surface area (Å²) in [5, 5.41) is 14.7. The predicted octanol–water partition coefficient (Wildman–Crippen LogP) is -0.477. The summed E-state index contributed by atoms with van der Waals surface area (Å²) in [7, 11) is 0. The molecule has 0 radical (unpaired) electrons. The predicted molar refractivity (Wildman–Crippen MR) is 128 cm³/mol. The molecule has 0 aliphatic carbocycles. The number of hydrogen-bond acceptors (Lipinski definition) is 6. The maximum Gasteiger partial charge on any atom is 0.326 e. The molecule has 0 aromatic heterocycles. The van der Waals surface area contributed by atoms with Gasteiger partial charge in [-0.25, -0.2) is 4.79 Å². The standard InChI is InChI=1S/C24H35N5O6/c1-14(2)11-18(24(34)35)28-21(31)17(12-15-7-4-3-5-8-15)27-22(32)19-9-6-10-29(19)23(33)16(25)13-20(26)30/h3-5,7-8,14,16-19H,6,9-13,25H2,1-2H3,(H2,26,30)(H,27,32)(H,28,31)(H,34,35). The van der Waals surface area contributed by atoms with E-state index < -0.39 is 53.8 Å². The van der Waals surface area contributed by atoms with Crippen LogP contribution in [0.4, 0.5) is 0 Å². The number of carboxylic acids is 1. The van der Waals surface area contributed by atoms with Crippen molar-refractivity contribution in [2.75, 3.05) is 6.54 Å². The number of carbonyl (C=O) groups is 5. The van der Waals surface area contributed by atoms with Gasteiger partial charge in [-0.2, -0.15) is 0 Å². The molecule has 2 rings (SSSR count). The van der Waals surface area contributed by atoms with E-state index in [2.05, 4.69) is 10.6 Å². The zero-order valence-electron chi connectivity index (χ0n) is 20.1. The first-order chi connectivity index (χ1) is 16.5. The van der Waals surface area contributed by atoms with E-state index in [-0.39, 0.29) is 31.7 Å². The van der Waals surface area contributed by atoms with Crippen molar-refractivity contribution in [1.82, 2.24) is 15.5 Å². The number of hydrogen-bond donors (Lipinski definition) is 5. The molecule has 1 saturated heterocycles. The van der Waals surface area contributed by atoms with Gasteiger partial charge in [-0.15, -0.1) is 0 Å². The Labute approximate surface area is 204 Å². The molecule has 1 fully saturated rings. The lowest BCUT2D eigenvalue weighted by atomic mass is 10.0. The van der Waals surface area contributed by atoms with E-state index in [0.717, 1.165) is 5.56 Å². The summed E-state index contributed by atoms with van der Waals surface area (Å²) in [5.74, 6) is -3.59. The van der Waals surface area contributed by atoms with Gasteiger partial charge in [-0.1, -0.05) is 44.2 Å². The number of benzene rings is 1. The fourth-order valence-electron chi connectivity index (χ4n) is 4.11. The average molecular weight is 490 g/mol. The lowest BCUT2D eigenvalue weighted by molar-refractivity contribution is -0.143. The highest BCUT2D eigenvalue weighted by molar-refractivity contribution is 5.95. The van der Waals surface area contributed by atoms with Crippen LogP contribution in [0.1, 0.15) is 45.1 Å². The Hall–Kier alpha value is -3.47. The van der Waals surface area contributed by atoms with Crippen LogP contribution in [0.15, 0.2) is 30.3 Å². The quantitative estimate of drug-likeness (QED) is 0.262. The molecule has 1 aromatic rings. The molecule has 1 heterocycles. The third kappa shape index (κ3) is 8.36. The number of aliphatic carboxylic acids is 1. The second-order valence-corrected chi connectivity index (χ2v) is 9.25. The summed E-state index contributed by atoms with van der Waals surface area (Å²) in [6.45, 7) is 3.98. The second-order valence-electron chi connectivity index (χ2n) is 9.25. The number of nitrogens with one attached hydrogen (secondary N) is 2. The smallest absolute Gasteiger partial charge is 0.326 e. The first-order valence-electron chi connectivity index (χ1n) is 11.7. The topological polar surface area (TPSA) is 185 Å². The molecule has 0 saturated carbocycles. The van der Waals surface area contributed by atoms with Crippen LogP contribution >= 0.6 is 0 Å². The monoisotopic (exact) mass is 489 g/mol. The largest absolute Gasteiger partial charge is 0.480 e. The molecule has 0 spiro atoms. The number of amides is 4. The molecule has 1 aliphatic heterocycles. The van der Waals surface area contributed by atoms with Crippen molar-refractivity contribution in [2.45, 2.75) is 70.1 Å². The molecular formula is C24H35N5O6. The molecule has 4 amide bonds. The van der Waals surface area contributed by atoms with Gasteiger partial charge in [0.05, 0.1) is 12.5 Å². The average Bonchev–Trinajstić information content (AvgIpc) is 3.27. The molecule has 7 N–H and O–H groups in total. The van der Waals surface area contributed by atoms with Crippen LogP contribution in [0.5, 0.6) is 0 Å². The number of primary amides is 1. The van der Waals surface area contributed by atoms with Crippen LogP contribution in [-0.4, -0.2) is 70.3 Å². The van der Waals surface area contributed by atoms with Crippen molar-refractivity contribution in [2.24, 2.45) is 17.4 Å². The molecule has 1 aliphatic rings. The fraction of sp³-hybridized carbons (Fsp3) is 0.542. The van der Waals surface area contributed by atoms with Crippen LogP contribution < -0.4 is 22.1 Å². The maximum absolute atomic E-state index is 13.2. The van der Waals surface area contributed by atoms with E-state index in [4.69, 9.17) is 11.5 Å². The zero-order chi connectivity index (χ0) is 26.1. The van der Waals surface area contributed by atoms with Crippen molar-refractivity contribution >= 4 is 29.6 Å². The molecule has 11 nitrogen and oxygen atoms in total. The van der Waals surface area contributed by atoms with Gasteiger partial charge in [-0.05, 0) is 30.7 Å². The normalized spacial score (nSPS) is 17.9. The summed E-state index contributed by atoms with van der Waals surface area (Å²) in [4.78, 5) is 63.1. The van der Waals surface area contributed by atoms with Gasteiger partial charge in [0.25, 0.3) is 0 Å². The van der Waals surface area contributed by atoms with Gasteiger partial charge >= 0.3 is 5.97 Å². The Kier molecular flexibility index (Phi) is 10.2. The summed E-state index contributed by atoms with van der Waals surface area (Å²) < 4.78 is 0. The van der Waals surface area contributed by atoms with Crippen molar-refractivity contribution in [3.63, 3.8) is 0 Å². The minimum absolute atomic E-state index is 0.0289. The van der Waals surface area contributed by atoms with Crippen LogP contribution in [0.2, 0.25) is 0 Å². The lowest BCUT2D eigenvalue weighted by Crippen LogP contribution is -2.57. The van der Waals surface area contributed by atoms with Crippen molar-refractivity contribution in [3.05, 3.63) is 35.9 Å². The van der Waals surface area contributed by atoms with Gasteiger partial charge in [0.2, 0.25) is 23.6 Å². The molecular weight excluding hydrogens is 454 g/mol. The fourth-order valence-corrected chi connectivity index (χ4v) is 4.11. The van der Waals surface area contributed by atoms with E-state index in [1.807, 2.05) is 19.9 Å². The Balaban J connectivity index is 2.19. The van der Waals surface area contributed by atoms with Gasteiger partial charge in [0.15, 0.2) is 0 Å². The Bertz CT molecular complexity index is 922. The highest BCUT2D eigenvalue weighted by Crippen LogP contribution is 2.19.